The summed E-state index contributed by atoms with van der Waals surface area (Å²) < 4.78 is 37.3. The van der Waals surface area contributed by atoms with Crippen LogP contribution in [0.2, 0.25) is 0 Å². The minimum atomic E-state index is -4.24. The molecule has 0 unspecified atom stereocenters. The summed E-state index contributed by atoms with van der Waals surface area (Å²) in [4.78, 5) is -0.195. The molecular formula is C26H37NaO5S. The Morgan fingerprint density at radius 1 is 0.788 bits per heavy atom. The van der Waals surface area contributed by atoms with Gasteiger partial charge in [0, 0.05) is 0 Å². The Morgan fingerprint density at radius 3 is 1.82 bits per heavy atom. The topological polar surface area (TPSA) is 86.7 Å². The van der Waals surface area contributed by atoms with Gasteiger partial charge in [-0.2, -0.15) is 8.42 Å². The van der Waals surface area contributed by atoms with E-state index in [1.54, 1.807) is 6.07 Å². The largest absolute Gasteiger partial charge is 1.00 e. The van der Waals surface area contributed by atoms with Crippen molar-refractivity contribution in [3.8, 4) is 17.2 Å². The van der Waals surface area contributed by atoms with E-state index in [1.807, 2.05) is 6.07 Å². The van der Waals surface area contributed by atoms with E-state index in [0.29, 0.717) is 11.5 Å². The number of hydrogen-bond acceptors (Lipinski definition) is 4. The van der Waals surface area contributed by atoms with Crippen molar-refractivity contribution in [2.45, 2.75) is 95.3 Å². The Kier molecular flexibility index (Phi) is 15.0. The van der Waals surface area contributed by atoms with Gasteiger partial charge in [0.1, 0.15) is 11.5 Å². The van der Waals surface area contributed by atoms with Crippen molar-refractivity contribution in [2.75, 3.05) is 0 Å². The second kappa shape index (κ2) is 16.6. The van der Waals surface area contributed by atoms with Crippen LogP contribution in [-0.4, -0.2) is 13.0 Å². The SMILES string of the molecule is CCCCCCCCCCCCCCc1ccc([O-])cc1Oc1ccc(S(=O)(=O)O)cc1.[Na+]. The minimum Gasteiger partial charge on any atom is -0.872 e. The second-order valence-electron chi connectivity index (χ2n) is 8.46. The zero-order valence-electron chi connectivity index (χ0n) is 20.2. The summed E-state index contributed by atoms with van der Waals surface area (Å²) in [6, 6.07) is 10.3. The van der Waals surface area contributed by atoms with Crippen LogP contribution in [0, 0.1) is 0 Å². The van der Waals surface area contributed by atoms with E-state index in [0.717, 1.165) is 24.8 Å². The van der Waals surface area contributed by atoms with Crippen LogP contribution in [-0.2, 0) is 16.5 Å². The van der Waals surface area contributed by atoms with Gasteiger partial charge in [-0.1, -0.05) is 89.7 Å². The van der Waals surface area contributed by atoms with Crippen molar-refractivity contribution in [3.05, 3.63) is 48.0 Å². The molecule has 33 heavy (non-hydrogen) atoms. The standard InChI is InChI=1S/C26H38O5S.Na/c1-2-3-4-5-6-7-8-9-10-11-12-13-14-22-15-16-23(27)21-26(22)31-24-17-19-25(20-18-24)32(28,29)30;/h15-21,27H,2-14H2,1H3,(H,28,29,30);/q;+1/p-1. The first-order valence-electron chi connectivity index (χ1n) is 12.0. The molecule has 0 atom stereocenters. The van der Waals surface area contributed by atoms with Crippen molar-refractivity contribution < 1.29 is 52.4 Å². The molecule has 0 aliphatic rings. The fourth-order valence-corrected chi connectivity index (χ4v) is 4.28. The molecule has 0 radical (unpaired) electrons. The van der Waals surface area contributed by atoms with Gasteiger partial charge in [0.25, 0.3) is 10.1 Å². The molecule has 178 valence electrons. The van der Waals surface area contributed by atoms with Crippen LogP contribution in [0.25, 0.3) is 0 Å². The van der Waals surface area contributed by atoms with E-state index in [1.165, 1.54) is 94.5 Å². The maximum absolute atomic E-state index is 11.8. The second-order valence-corrected chi connectivity index (χ2v) is 9.88. The molecule has 0 aliphatic carbocycles. The van der Waals surface area contributed by atoms with Crippen LogP contribution in [0.3, 0.4) is 0 Å². The maximum Gasteiger partial charge on any atom is 1.00 e. The van der Waals surface area contributed by atoms with Gasteiger partial charge in [-0.15, -0.1) is 5.75 Å². The van der Waals surface area contributed by atoms with Crippen LogP contribution in [0.4, 0.5) is 0 Å². The quantitative estimate of drug-likeness (QED) is 0.221. The number of aryl methyl sites for hydroxylation is 1. The van der Waals surface area contributed by atoms with Crippen LogP contribution in [0.5, 0.6) is 17.2 Å². The van der Waals surface area contributed by atoms with Crippen molar-refractivity contribution >= 4 is 10.1 Å². The van der Waals surface area contributed by atoms with Gasteiger partial charge < -0.3 is 9.84 Å². The first-order valence-corrected chi connectivity index (χ1v) is 13.4. The van der Waals surface area contributed by atoms with Crippen molar-refractivity contribution in [1.82, 2.24) is 0 Å². The van der Waals surface area contributed by atoms with Gasteiger partial charge in [-0.3, -0.25) is 4.55 Å². The van der Waals surface area contributed by atoms with E-state index >= 15 is 0 Å². The third-order valence-electron chi connectivity index (χ3n) is 5.69. The predicted molar refractivity (Wildman–Crippen MR) is 127 cm³/mol. The van der Waals surface area contributed by atoms with Crippen LogP contribution in [0.15, 0.2) is 47.4 Å². The monoisotopic (exact) mass is 484 g/mol. The first kappa shape index (κ1) is 30.0. The number of unbranched alkanes of at least 4 members (excludes halogenated alkanes) is 11. The minimum absolute atomic E-state index is 0. The molecule has 0 aliphatic heterocycles. The molecule has 0 saturated heterocycles. The Labute approximate surface area is 222 Å². The first-order chi connectivity index (χ1) is 15.4. The summed E-state index contributed by atoms with van der Waals surface area (Å²) in [6.07, 6.45) is 16.3. The molecule has 0 spiro atoms. The number of benzene rings is 2. The van der Waals surface area contributed by atoms with Crippen LogP contribution < -0.4 is 39.4 Å². The Morgan fingerprint density at radius 2 is 1.30 bits per heavy atom. The summed E-state index contributed by atoms with van der Waals surface area (Å²) >= 11 is 0. The van der Waals surface area contributed by atoms with Gasteiger partial charge in [0.15, 0.2) is 0 Å². The molecule has 5 nitrogen and oxygen atoms in total. The molecule has 0 fully saturated rings. The van der Waals surface area contributed by atoms with E-state index < -0.39 is 10.1 Å². The molecule has 0 amide bonds. The zero-order valence-corrected chi connectivity index (χ0v) is 23.0. The number of rotatable bonds is 16. The summed E-state index contributed by atoms with van der Waals surface area (Å²) in [5, 5.41) is 11.8. The smallest absolute Gasteiger partial charge is 0.872 e. The Hall–Kier alpha value is -1.05. The van der Waals surface area contributed by atoms with Gasteiger partial charge in [0.05, 0.1) is 4.90 Å². The molecular weight excluding hydrogens is 447 g/mol. The summed E-state index contributed by atoms with van der Waals surface area (Å²) in [5.41, 5.74) is 0.968. The molecule has 1 N–H and O–H groups in total. The molecule has 2 rings (SSSR count). The van der Waals surface area contributed by atoms with Gasteiger partial charge in [-0.05, 0) is 48.7 Å². The van der Waals surface area contributed by atoms with E-state index in [9.17, 15) is 13.5 Å². The van der Waals surface area contributed by atoms with Crippen molar-refractivity contribution in [3.63, 3.8) is 0 Å². The third-order valence-corrected chi connectivity index (χ3v) is 6.56. The summed E-state index contributed by atoms with van der Waals surface area (Å²) in [6.45, 7) is 2.25. The van der Waals surface area contributed by atoms with Gasteiger partial charge in [0.2, 0.25) is 0 Å². The predicted octanol–water partition coefficient (Wildman–Crippen LogP) is 4.05. The summed E-state index contributed by atoms with van der Waals surface area (Å²) in [5.74, 6) is 0.784. The fraction of sp³-hybridized carbons (Fsp3) is 0.538. The normalized spacial score (nSPS) is 11.2. The molecule has 0 heterocycles. The van der Waals surface area contributed by atoms with Crippen molar-refractivity contribution in [2.24, 2.45) is 0 Å². The molecule has 2 aromatic rings. The maximum atomic E-state index is 11.8. The van der Waals surface area contributed by atoms with E-state index in [2.05, 4.69) is 6.92 Å². The van der Waals surface area contributed by atoms with E-state index in [-0.39, 0.29) is 40.2 Å². The molecule has 0 aromatic heterocycles. The fourth-order valence-electron chi connectivity index (χ4n) is 3.80. The van der Waals surface area contributed by atoms with E-state index in [4.69, 9.17) is 9.29 Å². The summed E-state index contributed by atoms with van der Waals surface area (Å²) in [7, 11) is -4.24. The van der Waals surface area contributed by atoms with Crippen LogP contribution in [0.1, 0.15) is 89.5 Å². The molecule has 2 aromatic carbocycles. The number of hydrogen-bond donors (Lipinski definition) is 1. The zero-order chi connectivity index (χ0) is 23.2. The van der Waals surface area contributed by atoms with Gasteiger partial charge >= 0.3 is 29.6 Å². The Bertz CT molecular complexity index is 897. The molecule has 7 heteroatoms. The third kappa shape index (κ3) is 12.3. The van der Waals surface area contributed by atoms with Gasteiger partial charge in [-0.25, -0.2) is 0 Å². The number of ether oxygens (including phenoxy) is 1. The Balaban J connectivity index is 0.00000544. The van der Waals surface area contributed by atoms with Crippen molar-refractivity contribution in [1.29, 1.82) is 0 Å². The average Bonchev–Trinajstić information content (AvgIpc) is 2.75. The molecule has 0 saturated carbocycles. The van der Waals surface area contributed by atoms with Crippen LogP contribution >= 0.6 is 0 Å². The molecule has 0 bridgehead atoms. The average molecular weight is 485 g/mol.